The van der Waals surface area contributed by atoms with E-state index in [9.17, 15) is 0 Å². The van der Waals surface area contributed by atoms with E-state index in [0.717, 1.165) is 43.0 Å². The van der Waals surface area contributed by atoms with E-state index in [0.29, 0.717) is 6.04 Å². The van der Waals surface area contributed by atoms with Crippen LogP contribution in [0.25, 0.3) is 0 Å². The lowest BCUT2D eigenvalue weighted by Crippen LogP contribution is -2.25. The largest absolute Gasteiger partial charge is 0.368 e. The summed E-state index contributed by atoms with van der Waals surface area (Å²) in [4.78, 5) is 11.4. The first-order valence-corrected chi connectivity index (χ1v) is 7.10. The molecule has 0 bridgehead atoms. The van der Waals surface area contributed by atoms with Gasteiger partial charge in [0.1, 0.15) is 17.5 Å². The minimum absolute atomic E-state index is 0.387. The van der Waals surface area contributed by atoms with Gasteiger partial charge >= 0.3 is 0 Å². The van der Waals surface area contributed by atoms with Gasteiger partial charge in [-0.25, -0.2) is 9.97 Å². The van der Waals surface area contributed by atoms with Crippen LogP contribution in [0.4, 0.5) is 11.6 Å². The monoisotopic (exact) mass is 263 g/mol. The van der Waals surface area contributed by atoms with E-state index < -0.39 is 0 Å². The molecule has 1 aliphatic heterocycles. The molecule has 1 aromatic heterocycles. The van der Waals surface area contributed by atoms with E-state index in [2.05, 4.69) is 45.4 Å². The molecule has 0 amide bonds. The molecule has 1 aromatic rings. The van der Waals surface area contributed by atoms with Gasteiger partial charge in [0.15, 0.2) is 0 Å². The van der Waals surface area contributed by atoms with E-state index in [1.54, 1.807) is 0 Å². The Hall–Kier alpha value is -1.36. The number of hydrogen-bond donors (Lipinski definition) is 2. The second kappa shape index (κ2) is 6.19. The molecule has 1 fully saturated rings. The fourth-order valence-electron chi connectivity index (χ4n) is 2.58. The van der Waals surface area contributed by atoms with E-state index in [-0.39, 0.29) is 0 Å². The Labute approximate surface area is 115 Å². The summed E-state index contributed by atoms with van der Waals surface area (Å²) in [6.07, 6.45) is 1.23. The van der Waals surface area contributed by atoms with Gasteiger partial charge in [0.25, 0.3) is 0 Å². The van der Waals surface area contributed by atoms with Crippen LogP contribution in [0, 0.1) is 12.8 Å². The number of aromatic nitrogens is 2. The van der Waals surface area contributed by atoms with Gasteiger partial charge in [-0.3, -0.25) is 0 Å². The van der Waals surface area contributed by atoms with Crippen LogP contribution in [0.5, 0.6) is 0 Å². The Morgan fingerprint density at radius 2 is 2.21 bits per heavy atom. The maximum absolute atomic E-state index is 4.57. The summed E-state index contributed by atoms with van der Waals surface area (Å²) in [6.45, 7) is 9.45. The van der Waals surface area contributed by atoms with Crippen molar-refractivity contribution < 1.29 is 0 Å². The zero-order valence-electron chi connectivity index (χ0n) is 12.4. The average Bonchev–Trinajstić information content (AvgIpc) is 2.76. The Kier molecular flexibility index (Phi) is 4.58. The van der Waals surface area contributed by atoms with Crippen molar-refractivity contribution in [3.8, 4) is 0 Å². The average molecular weight is 263 g/mol. The maximum Gasteiger partial charge on any atom is 0.134 e. The number of anilines is 2. The molecule has 1 aliphatic rings. The van der Waals surface area contributed by atoms with Gasteiger partial charge in [-0.15, -0.1) is 0 Å². The van der Waals surface area contributed by atoms with Gasteiger partial charge < -0.3 is 15.5 Å². The molecule has 0 aromatic carbocycles. The highest BCUT2D eigenvalue weighted by atomic mass is 15.2. The van der Waals surface area contributed by atoms with E-state index in [1.807, 2.05) is 14.0 Å². The quantitative estimate of drug-likeness (QED) is 0.846. The summed E-state index contributed by atoms with van der Waals surface area (Å²) >= 11 is 0. The standard InChI is InChI=1S/C14H25N5/c1-10(2)16-13-7-14(18-11(3)17-13)19-6-5-12(9-19)8-15-4/h7,10,12,15H,5-6,8-9H2,1-4H3,(H,16,17,18). The summed E-state index contributed by atoms with van der Waals surface area (Å²) in [5.41, 5.74) is 0. The van der Waals surface area contributed by atoms with Crippen LogP contribution >= 0.6 is 0 Å². The van der Waals surface area contributed by atoms with Crippen molar-refractivity contribution in [2.24, 2.45) is 5.92 Å². The third-order valence-electron chi connectivity index (χ3n) is 3.36. The molecule has 1 unspecified atom stereocenters. The van der Waals surface area contributed by atoms with Gasteiger partial charge in [0, 0.05) is 25.2 Å². The number of aryl methyl sites for hydroxylation is 1. The molecule has 5 nitrogen and oxygen atoms in total. The lowest BCUT2D eigenvalue weighted by molar-refractivity contribution is 0.549. The van der Waals surface area contributed by atoms with E-state index >= 15 is 0 Å². The summed E-state index contributed by atoms with van der Waals surface area (Å²) in [5.74, 6) is 3.53. The topological polar surface area (TPSA) is 53.1 Å². The summed E-state index contributed by atoms with van der Waals surface area (Å²) in [5, 5.41) is 6.61. The molecule has 0 radical (unpaired) electrons. The van der Waals surface area contributed by atoms with Crippen molar-refractivity contribution >= 4 is 11.6 Å². The second-order valence-electron chi connectivity index (χ2n) is 5.62. The minimum Gasteiger partial charge on any atom is -0.368 e. The number of rotatable bonds is 5. The fourth-order valence-corrected chi connectivity index (χ4v) is 2.58. The molecule has 19 heavy (non-hydrogen) atoms. The molecular formula is C14H25N5. The lowest BCUT2D eigenvalue weighted by atomic mass is 10.1. The number of nitrogens with zero attached hydrogens (tertiary/aromatic N) is 3. The zero-order chi connectivity index (χ0) is 13.8. The van der Waals surface area contributed by atoms with Crippen LogP contribution in [-0.4, -0.2) is 42.7 Å². The summed E-state index contributed by atoms with van der Waals surface area (Å²) < 4.78 is 0. The Morgan fingerprint density at radius 3 is 2.89 bits per heavy atom. The lowest BCUT2D eigenvalue weighted by Gasteiger charge is -2.19. The van der Waals surface area contributed by atoms with Crippen LogP contribution in [-0.2, 0) is 0 Å². The highest BCUT2D eigenvalue weighted by molar-refractivity contribution is 5.50. The molecular weight excluding hydrogens is 238 g/mol. The van der Waals surface area contributed by atoms with Crippen molar-refractivity contribution in [2.75, 3.05) is 36.9 Å². The smallest absolute Gasteiger partial charge is 0.134 e. The third-order valence-corrected chi connectivity index (χ3v) is 3.36. The molecule has 2 rings (SSSR count). The first-order chi connectivity index (χ1) is 9.08. The van der Waals surface area contributed by atoms with Crippen molar-refractivity contribution in [2.45, 2.75) is 33.2 Å². The second-order valence-corrected chi connectivity index (χ2v) is 5.62. The number of hydrogen-bond acceptors (Lipinski definition) is 5. The molecule has 0 spiro atoms. The van der Waals surface area contributed by atoms with E-state index in [1.165, 1.54) is 6.42 Å². The van der Waals surface area contributed by atoms with Gasteiger partial charge in [0.05, 0.1) is 0 Å². The Bertz CT molecular complexity index is 418. The highest BCUT2D eigenvalue weighted by Gasteiger charge is 2.23. The first-order valence-electron chi connectivity index (χ1n) is 7.10. The third kappa shape index (κ3) is 3.80. The van der Waals surface area contributed by atoms with Crippen LogP contribution in [0.3, 0.4) is 0 Å². The molecule has 0 aliphatic carbocycles. The van der Waals surface area contributed by atoms with Crippen molar-refractivity contribution in [1.82, 2.24) is 15.3 Å². The zero-order valence-corrected chi connectivity index (χ0v) is 12.4. The fraction of sp³-hybridized carbons (Fsp3) is 0.714. The molecule has 2 heterocycles. The minimum atomic E-state index is 0.387. The molecule has 2 N–H and O–H groups in total. The molecule has 106 valence electrons. The van der Waals surface area contributed by atoms with Crippen molar-refractivity contribution in [1.29, 1.82) is 0 Å². The van der Waals surface area contributed by atoms with Gasteiger partial charge in [0.2, 0.25) is 0 Å². The van der Waals surface area contributed by atoms with Crippen LogP contribution in [0.15, 0.2) is 6.07 Å². The normalized spacial score (nSPS) is 19.2. The summed E-state index contributed by atoms with van der Waals surface area (Å²) in [6, 6.07) is 2.45. The first kappa shape index (κ1) is 14.1. The summed E-state index contributed by atoms with van der Waals surface area (Å²) in [7, 11) is 2.02. The molecule has 5 heteroatoms. The Morgan fingerprint density at radius 1 is 1.42 bits per heavy atom. The Balaban J connectivity index is 2.09. The highest BCUT2D eigenvalue weighted by Crippen LogP contribution is 2.23. The van der Waals surface area contributed by atoms with Gasteiger partial charge in [-0.1, -0.05) is 0 Å². The number of nitrogens with one attached hydrogen (secondary N) is 2. The van der Waals surface area contributed by atoms with Crippen molar-refractivity contribution in [3.63, 3.8) is 0 Å². The van der Waals surface area contributed by atoms with Gasteiger partial charge in [-0.05, 0) is 46.7 Å². The van der Waals surface area contributed by atoms with Crippen LogP contribution in [0.2, 0.25) is 0 Å². The van der Waals surface area contributed by atoms with Crippen LogP contribution < -0.4 is 15.5 Å². The van der Waals surface area contributed by atoms with E-state index in [4.69, 9.17) is 0 Å². The van der Waals surface area contributed by atoms with Crippen molar-refractivity contribution in [3.05, 3.63) is 11.9 Å². The molecule has 1 saturated heterocycles. The predicted octanol–water partition coefficient (Wildman–Crippen LogP) is 1.65. The molecule has 0 saturated carbocycles. The van der Waals surface area contributed by atoms with Crippen LogP contribution in [0.1, 0.15) is 26.1 Å². The maximum atomic E-state index is 4.57. The molecule has 1 atom stereocenters. The predicted molar refractivity (Wildman–Crippen MR) is 79.8 cm³/mol. The SMILES string of the molecule is CNCC1CCN(c2cc(NC(C)C)nc(C)n2)C1. The van der Waals surface area contributed by atoms with Gasteiger partial charge in [-0.2, -0.15) is 0 Å².